The zero-order chi connectivity index (χ0) is 18.5. The Kier molecular flexibility index (Phi) is 3.92. The summed E-state index contributed by atoms with van der Waals surface area (Å²) in [5, 5.41) is 0.488. The number of aryl methyl sites for hydroxylation is 1. The van der Waals surface area contributed by atoms with Crippen molar-refractivity contribution in [3.63, 3.8) is 0 Å². The molecule has 134 valence electrons. The van der Waals surface area contributed by atoms with Crippen LogP contribution in [0.25, 0.3) is 10.9 Å². The van der Waals surface area contributed by atoms with Crippen LogP contribution in [0.2, 0.25) is 0 Å². The lowest BCUT2D eigenvalue weighted by atomic mass is 9.78. The summed E-state index contributed by atoms with van der Waals surface area (Å²) in [7, 11) is 0. The van der Waals surface area contributed by atoms with E-state index in [1.54, 1.807) is 13.0 Å². The number of hydrogen-bond donors (Lipinski definition) is 0. The summed E-state index contributed by atoms with van der Waals surface area (Å²) < 4.78 is 39.2. The summed E-state index contributed by atoms with van der Waals surface area (Å²) in [4.78, 5) is 4.20. The van der Waals surface area contributed by atoms with E-state index in [1.807, 2.05) is 24.3 Å². The first-order chi connectivity index (χ1) is 12.4. The molecule has 1 aliphatic heterocycles. The van der Waals surface area contributed by atoms with Gasteiger partial charge in [0.2, 0.25) is 0 Å². The third kappa shape index (κ3) is 2.72. The van der Waals surface area contributed by atoms with Gasteiger partial charge in [0.25, 0.3) is 0 Å². The molecule has 3 nitrogen and oxygen atoms in total. The maximum Gasteiger partial charge on any atom is 0.184 e. The van der Waals surface area contributed by atoms with Gasteiger partial charge < -0.3 is 9.47 Å². The number of hydrogen-bond acceptors (Lipinski definition) is 3. The molecule has 1 aromatic heterocycles. The Bertz CT molecular complexity index is 1000. The third-order valence-electron chi connectivity index (χ3n) is 4.78. The highest BCUT2D eigenvalue weighted by atomic mass is 19.2. The van der Waals surface area contributed by atoms with Crippen molar-refractivity contribution in [2.24, 2.45) is 5.41 Å². The van der Waals surface area contributed by atoms with Crippen LogP contribution in [0, 0.1) is 24.0 Å². The number of fused-ring (bicyclic) bond motifs is 1. The molecule has 1 saturated heterocycles. The van der Waals surface area contributed by atoms with E-state index in [2.05, 4.69) is 18.8 Å². The molecule has 4 rings (SSSR count). The van der Waals surface area contributed by atoms with Crippen LogP contribution >= 0.6 is 0 Å². The highest BCUT2D eigenvalue weighted by molar-refractivity contribution is 5.81. The van der Waals surface area contributed by atoms with Crippen LogP contribution in [-0.2, 0) is 4.74 Å². The fourth-order valence-corrected chi connectivity index (χ4v) is 3.28. The highest BCUT2D eigenvalue weighted by Gasteiger charge is 2.42. The molecule has 1 aliphatic rings. The highest BCUT2D eigenvalue weighted by Crippen LogP contribution is 2.49. The van der Waals surface area contributed by atoms with Crippen LogP contribution in [0.3, 0.4) is 0 Å². The van der Waals surface area contributed by atoms with Crippen LogP contribution in [0.15, 0.2) is 42.5 Å². The molecule has 1 atom stereocenters. The predicted octanol–water partition coefficient (Wildman–Crippen LogP) is 5.71. The van der Waals surface area contributed by atoms with E-state index < -0.39 is 11.6 Å². The molecular weight excluding hydrogens is 336 g/mol. The van der Waals surface area contributed by atoms with Crippen molar-refractivity contribution in [3.8, 4) is 11.5 Å². The van der Waals surface area contributed by atoms with Crippen molar-refractivity contribution in [3.05, 3.63) is 65.4 Å². The van der Waals surface area contributed by atoms with Gasteiger partial charge in [-0.2, -0.15) is 0 Å². The Morgan fingerprint density at radius 2 is 1.88 bits per heavy atom. The van der Waals surface area contributed by atoms with E-state index in [0.717, 1.165) is 11.6 Å². The molecule has 0 amide bonds. The molecule has 0 saturated carbocycles. The van der Waals surface area contributed by atoms with Gasteiger partial charge >= 0.3 is 0 Å². The molecule has 2 aromatic carbocycles. The topological polar surface area (TPSA) is 31.4 Å². The molecule has 26 heavy (non-hydrogen) atoms. The monoisotopic (exact) mass is 355 g/mol. The zero-order valence-corrected chi connectivity index (χ0v) is 14.8. The molecule has 5 heteroatoms. The Labute approximate surface area is 150 Å². The van der Waals surface area contributed by atoms with Gasteiger partial charge in [-0.15, -0.1) is 0 Å². The number of benzene rings is 2. The van der Waals surface area contributed by atoms with Gasteiger partial charge in [0.05, 0.1) is 18.4 Å². The summed E-state index contributed by atoms with van der Waals surface area (Å²) in [6.45, 7) is 6.72. The fourth-order valence-electron chi connectivity index (χ4n) is 3.28. The molecule has 1 fully saturated rings. The van der Waals surface area contributed by atoms with E-state index in [1.165, 1.54) is 6.07 Å². The standard InChI is InChI=1S/C21H19F2NO2/c1-12-17(10-13-8-9-15(22)18(23)19(13)24-12)26-16-7-5-4-6-14(16)20-21(2,3)11-25-20/h4-10,20H,11H2,1-3H3. The summed E-state index contributed by atoms with van der Waals surface area (Å²) in [5.41, 5.74) is 1.50. The van der Waals surface area contributed by atoms with Crippen molar-refractivity contribution >= 4 is 10.9 Å². The SMILES string of the molecule is Cc1nc2c(F)c(F)ccc2cc1Oc1ccccc1C1OCC1(C)C. The van der Waals surface area contributed by atoms with Gasteiger partial charge in [0, 0.05) is 16.4 Å². The van der Waals surface area contributed by atoms with Crippen LogP contribution in [0.1, 0.15) is 31.2 Å². The van der Waals surface area contributed by atoms with E-state index in [9.17, 15) is 8.78 Å². The second-order valence-corrected chi connectivity index (χ2v) is 7.32. The Morgan fingerprint density at radius 1 is 1.12 bits per heavy atom. The second kappa shape index (κ2) is 6.02. The van der Waals surface area contributed by atoms with Crippen molar-refractivity contribution in [2.45, 2.75) is 26.9 Å². The van der Waals surface area contributed by atoms with E-state index in [-0.39, 0.29) is 17.0 Å². The predicted molar refractivity (Wildman–Crippen MR) is 95.4 cm³/mol. The Balaban J connectivity index is 1.75. The van der Waals surface area contributed by atoms with Gasteiger partial charge in [-0.3, -0.25) is 0 Å². The molecule has 0 bridgehead atoms. The quantitative estimate of drug-likeness (QED) is 0.603. The largest absolute Gasteiger partial charge is 0.455 e. The average molecular weight is 355 g/mol. The first-order valence-corrected chi connectivity index (χ1v) is 8.50. The summed E-state index contributed by atoms with van der Waals surface area (Å²) in [6, 6.07) is 12.0. The molecule has 1 unspecified atom stereocenters. The van der Waals surface area contributed by atoms with Crippen molar-refractivity contribution < 1.29 is 18.3 Å². The number of pyridine rings is 1. The van der Waals surface area contributed by atoms with Crippen molar-refractivity contribution in [1.82, 2.24) is 4.98 Å². The van der Waals surface area contributed by atoms with Gasteiger partial charge in [0.1, 0.15) is 17.0 Å². The van der Waals surface area contributed by atoms with Crippen molar-refractivity contribution in [2.75, 3.05) is 6.61 Å². The number of para-hydroxylation sites is 1. The van der Waals surface area contributed by atoms with Crippen LogP contribution in [0.5, 0.6) is 11.5 Å². The molecule has 0 spiro atoms. The minimum Gasteiger partial charge on any atom is -0.455 e. The average Bonchev–Trinajstić information content (AvgIpc) is 2.60. The minimum atomic E-state index is -0.942. The molecule has 3 aromatic rings. The summed E-state index contributed by atoms with van der Waals surface area (Å²) >= 11 is 0. The molecule has 2 heterocycles. The first-order valence-electron chi connectivity index (χ1n) is 8.50. The maximum atomic E-state index is 14.0. The summed E-state index contributed by atoms with van der Waals surface area (Å²) in [5.74, 6) is -0.667. The van der Waals surface area contributed by atoms with Crippen LogP contribution < -0.4 is 4.74 Å². The lowest BCUT2D eigenvalue weighted by Gasteiger charge is -2.44. The first kappa shape index (κ1) is 16.9. The number of rotatable bonds is 3. The lowest BCUT2D eigenvalue weighted by Crippen LogP contribution is -2.40. The van der Waals surface area contributed by atoms with Gasteiger partial charge in [-0.1, -0.05) is 32.0 Å². The Hall–Kier alpha value is -2.53. The van der Waals surface area contributed by atoms with Crippen molar-refractivity contribution in [1.29, 1.82) is 0 Å². The zero-order valence-electron chi connectivity index (χ0n) is 14.8. The molecule has 0 N–H and O–H groups in total. The van der Waals surface area contributed by atoms with E-state index in [4.69, 9.17) is 9.47 Å². The fraction of sp³-hybridized carbons (Fsp3) is 0.286. The maximum absolute atomic E-state index is 14.0. The Morgan fingerprint density at radius 3 is 2.58 bits per heavy atom. The summed E-state index contributed by atoms with van der Waals surface area (Å²) in [6.07, 6.45) is -0.0426. The van der Waals surface area contributed by atoms with Gasteiger partial charge in [0.15, 0.2) is 11.6 Å². The number of nitrogens with zero attached hydrogens (tertiary/aromatic N) is 1. The normalized spacial score (nSPS) is 18.6. The molecule has 0 radical (unpaired) electrons. The lowest BCUT2D eigenvalue weighted by molar-refractivity contribution is -0.172. The molecular formula is C21H19F2NO2. The van der Waals surface area contributed by atoms with Gasteiger partial charge in [-0.25, -0.2) is 13.8 Å². The van der Waals surface area contributed by atoms with Gasteiger partial charge in [-0.05, 0) is 31.2 Å². The number of aromatic nitrogens is 1. The van der Waals surface area contributed by atoms with Crippen LogP contribution in [0.4, 0.5) is 8.78 Å². The minimum absolute atomic E-state index is 0.00611. The second-order valence-electron chi connectivity index (χ2n) is 7.32. The van der Waals surface area contributed by atoms with Crippen LogP contribution in [-0.4, -0.2) is 11.6 Å². The number of halogens is 2. The van der Waals surface area contributed by atoms with E-state index >= 15 is 0 Å². The third-order valence-corrected chi connectivity index (χ3v) is 4.78. The molecule has 0 aliphatic carbocycles. The smallest absolute Gasteiger partial charge is 0.184 e. The number of ether oxygens (including phenoxy) is 2. The van der Waals surface area contributed by atoms with E-state index in [0.29, 0.717) is 29.2 Å².